The van der Waals surface area contributed by atoms with Gasteiger partial charge in [0.05, 0.1) is 11.0 Å². The monoisotopic (exact) mass is 264 g/mol. The van der Waals surface area contributed by atoms with Crippen molar-refractivity contribution in [2.75, 3.05) is 0 Å². The number of phenols is 1. The predicted octanol–water partition coefficient (Wildman–Crippen LogP) is 2.76. The van der Waals surface area contributed by atoms with Crippen molar-refractivity contribution in [2.24, 2.45) is 0 Å². The summed E-state index contributed by atoms with van der Waals surface area (Å²) >= 11 is 0. The number of hydrogen-bond acceptors (Lipinski definition) is 4. The fourth-order valence-corrected chi connectivity index (χ4v) is 2.09. The van der Waals surface area contributed by atoms with Gasteiger partial charge in [-0.2, -0.15) is 0 Å². The van der Waals surface area contributed by atoms with Crippen molar-refractivity contribution in [2.45, 2.75) is 6.42 Å². The van der Waals surface area contributed by atoms with Gasteiger partial charge in [-0.15, -0.1) is 0 Å². The fraction of sp³-hybridized carbons (Fsp3) is 0.0625. The maximum absolute atomic E-state index is 12.2. The van der Waals surface area contributed by atoms with E-state index < -0.39 is 0 Å². The van der Waals surface area contributed by atoms with E-state index in [4.69, 9.17) is 0 Å². The van der Waals surface area contributed by atoms with Crippen LogP contribution in [-0.4, -0.2) is 20.9 Å². The summed E-state index contributed by atoms with van der Waals surface area (Å²) in [6, 6.07) is 12.0. The number of fused-ring (bicyclic) bond motifs is 1. The number of benzene rings is 2. The van der Waals surface area contributed by atoms with E-state index in [1.54, 1.807) is 48.8 Å². The highest BCUT2D eigenvalue weighted by molar-refractivity contribution is 5.99. The maximum atomic E-state index is 12.2. The summed E-state index contributed by atoms with van der Waals surface area (Å²) in [5.41, 5.74) is 2.85. The van der Waals surface area contributed by atoms with Gasteiger partial charge in [-0.3, -0.25) is 14.8 Å². The summed E-state index contributed by atoms with van der Waals surface area (Å²) in [7, 11) is 0. The van der Waals surface area contributed by atoms with Crippen LogP contribution in [0.2, 0.25) is 0 Å². The average molecular weight is 264 g/mol. The van der Waals surface area contributed by atoms with Gasteiger partial charge in [0, 0.05) is 24.4 Å². The van der Waals surface area contributed by atoms with Crippen molar-refractivity contribution in [3.05, 3.63) is 66.0 Å². The lowest BCUT2D eigenvalue weighted by Gasteiger charge is -2.03. The topological polar surface area (TPSA) is 63.1 Å². The highest BCUT2D eigenvalue weighted by Gasteiger charge is 2.09. The SMILES string of the molecule is O=C(Cc1cccc(O)c1)c1ccc2nccnc2c1. The third kappa shape index (κ3) is 2.49. The molecule has 2 aromatic carbocycles. The third-order valence-corrected chi connectivity index (χ3v) is 3.07. The van der Waals surface area contributed by atoms with Crippen LogP contribution in [0, 0.1) is 0 Å². The molecule has 1 heterocycles. The molecule has 4 nitrogen and oxygen atoms in total. The quantitative estimate of drug-likeness (QED) is 0.739. The van der Waals surface area contributed by atoms with Gasteiger partial charge in [-0.1, -0.05) is 12.1 Å². The molecular formula is C16H12N2O2. The van der Waals surface area contributed by atoms with Crippen LogP contribution < -0.4 is 0 Å². The molecule has 1 N–H and O–H groups in total. The van der Waals surface area contributed by atoms with Crippen molar-refractivity contribution in [1.29, 1.82) is 0 Å². The van der Waals surface area contributed by atoms with Crippen molar-refractivity contribution >= 4 is 16.8 Å². The zero-order valence-corrected chi connectivity index (χ0v) is 10.7. The summed E-state index contributed by atoms with van der Waals surface area (Å²) in [6.07, 6.45) is 3.47. The molecule has 0 atom stereocenters. The Bertz CT molecular complexity index is 784. The molecule has 3 rings (SSSR count). The van der Waals surface area contributed by atoms with E-state index in [1.165, 1.54) is 0 Å². The van der Waals surface area contributed by atoms with Crippen molar-refractivity contribution < 1.29 is 9.90 Å². The molecule has 0 saturated carbocycles. The molecule has 0 aliphatic carbocycles. The minimum absolute atomic E-state index is 0.0110. The van der Waals surface area contributed by atoms with E-state index in [-0.39, 0.29) is 18.0 Å². The van der Waals surface area contributed by atoms with Crippen LogP contribution >= 0.6 is 0 Å². The van der Waals surface area contributed by atoms with Crippen LogP contribution in [-0.2, 0) is 6.42 Å². The number of hydrogen-bond donors (Lipinski definition) is 1. The van der Waals surface area contributed by atoms with E-state index in [1.807, 2.05) is 6.07 Å². The normalized spacial score (nSPS) is 10.6. The van der Waals surface area contributed by atoms with Gasteiger partial charge in [0.25, 0.3) is 0 Å². The Hall–Kier alpha value is -2.75. The number of carbonyl (C=O) groups excluding carboxylic acids is 1. The summed E-state index contributed by atoms with van der Waals surface area (Å²) in [5, 5.41) is 9.41. The zero-order valence-electron chi connectivity index (χ0n) is 10.7. The number of aromatic hydroxyl groups is 1. The Morgan fingerprint density at radius 2 is 1.80 bits per heavy atom. The lowest BCUT2D eigenvalue weighted by Crippen LogP contribution is -2.03. The summed E-state index contributed by atoms with van der Waals surface area (Å²) in [4.78, 5) is 20.6. The Kier molecular flexibility index (Phi) is 3.13. The number of nitrogens with zero attached hydrogens (tertiary/aromatic N) is 2. The molecule has 0 spiro atoms. The average Bonchev–Trinajstić information content (AvgIpc) is 2.47. The third-order valence-electron chi connectivity index (χ3n) is 3.07. The number of rotatable bonds is 3. The molecule has 0 amide bonds. The molecule has 0 unspecified atom stereocenters. The lowest BCUT2D eigenvalue weighted by atomic mass is 10.0. The van der Waals surface area contributed by atoms with Crippen molar-refractivity contribution in [3.63, 3.8) is 0 Å². The first-order chi connectivity index (χ1) is 9.72. The standard InChI is InChI=1S/C16H12N2O2/c19-13-3-1-2-11(8-13)9-16(20)12-4-5-14-15(10-12)18-7-6-17-14/h1-8,10,19H,9H2. The molecule has 4 heteroatoms. The summed E-state index contributed by atoms with van der Waals surface area (Å²) < 4.78 is 0. The molecule has 0 aliphatic heterocycles. The van der Waals surface area contributed by atoms with Crippen LogP contribution in [0.25, 0.3) is 11.0 Å². The number of phenolic OH excluding ortho intramolecular Hbond substituents is 1. The minimum Gasteiger partial charge on any atom is -0.508 e. The van der Waals surface area contributed by atoms with Gasteiger partial charge < -0.3 is 5.11 Å². The predicted molar refractivity (Wildman–Crippen MR) is 75.7 cm³/mol. The molecule has 3 aromatic rings. The maximum Gasteiger partial charge on any atom is 0.167 e. The Morgan fingerprint density at radius 1 is 1.00 bits per heavy atom. The van der Waals surface area contributed by atoms with E-state index >= 15 is 0 Å². The van der Waals surface area contributed by atoms with Crippen LogP contribution in [0.4, 0.5) is 0 Å². The molecule has 20 heavy (non-hydrogen) atoms. The van der Waals surface area contributed by atoms with Gasteiger partial charge in [-0.25, -0.2) is 0 Å². The Morgan fingerprint density at radius 3 is 2.60 bits per heavy atom. The molecule has 1 aromatic heterocycles. The second-order valence-corrected chi connectivity index (χ2v) is 4.53. The lowest BCUT2D eigenvalue weighted by molar-refractivity contribution is 0.0993. The van der Waals surface area contributed by atoms with E-state index in [0.717, 1.165) is 11.1 Å². The second-order valence-electron chi connectivity index (χ2n) is 4.53. The highest BCUT2D eigenvalue weighted by atomic mass is 16.3. The van der Waals surface area contributed by atoms with Crippen molar-refractivity contribution in [1.82, 2.24) is 9.97 Å². The highest BCUT2D eigenvalue weighted by Crippen LogP contribution is 2.16. The van der Waals surface area contributed by atoms with Gasteiger partial charge in [0.2, 0.25) is 0 Å². The largest absolute Gasteiger partial charge is 0.508 e. The molecule has 0 radical (unpaired) electrons. The molecule has 0 saturated heterocycles. The van der Waals surface area contributed by atoms with E-state index in [9.17, 15) is 9.90 Å². The molecule has 0 bridgehead atoms. The summed E-state index contributed by atoms with van der Waals surface area (Å²) in [5.74, 6) is 0.155. The smallest absolute Gasteiger partial charge is 0.167 e. The van der Waals surface area contributed by atoms with E-state index in [2.05, 4.69) is 9.97 Å². The number of aromatic nitrogens is 2. The molecule has 98 valence electrons. The first-order valence-electron chi connectivity index (χ1n) is 6.24. The number of ketones is 1. The Balaban J connectivity index is 1.88. The van der Waals surface area contributed by atoms with Crippen LogP contribution in [0.15, 0.2) is 54.9 Å². The van der Waals surface area contributed by atoms with Crippen LogP contribution in [0.3, 0.4) is 0 Å². The number of Topliss-reactive ketones (excluding diaryl/α,β-unsaturated/α-hetero) is 1. The van der Waals surface area contributed by atoms with Gasteiger partial charge in [-0.05, 0) is 35.9 Å². The van der Waals surface area contributed by atoms with Gasteiger partial charge in [0.1, 0.15) is 5.75 Å². The Labute approximate surface area is 115 Å². The molecule has 0 aliphatic rings. The van der Waals surface area contributed by atoms with Gasteiger partial charge >= 0.3 is 0 Å². The summed E-state index contributed by atoms with van der Waals surface area (Å²) in [6.45, 7) is 0. The molecular weight excluding hydrogens is 252 g/mol. The first kappa shape index (κ1) is 12.3. The number of carbonyl (C=O) groups is 1. The fourth-order valence-electron chi connectivity index (χ4n) is 2.09. The van der Waals surface area contributed by atoms with E-state index in [0.29, 0.717) is 11.1 Å². The van der Waals surface area contributed by atoms with Gasteiger partial charge in [0.15, 0.2) is 5.78 Å². The first-order valence-corrected chi connectivity index (χ1v) is 6.24. The van der Waals surface area contributed by atoms with Crippen LogP contribution in [0.1, 0.15) is 15.9 Å². The van der Waals surface area contributed by atoms with Crippen molar-refractivity contribution in [3.8, 4) is 5.75 Å². The minimum atomic E-state index is -0.0110. The second kappa shape index (κ2) is 5.09. The zero-order chi connectivity index (χ0) is 13.9. The van der Waals surface area contributed by atoms with Crippen LogP contribution in [0.5, 0.6) is 5.75 Å². The molecule has 0 fully saturated rings.